The molecule has 2 aromatic carbocycles. The van der Waals surface area contributed by atoms with Gasteiger partial charge in [0.25, 0.3) is 0 Å². The SMILES string of the molecule is Cc1cccc(CCNC(=O)C2CCN(c3nc4ccccc4n3C)CC2)c1. The molecule has 1 aromatic heterocycles. The van der Waals surface area contributed by atoms with Gasteiger partial charge < -0.3 is 14.8 Å². The lowest BCUT2D eigenvalue weighted by Gasteiger charge is -2.32. The summed E-state index contributed by atoms with van der Waals surface area (Å²) < 4.78 is 2.15. The number of rotatable bonds is 5. The van der Waals surface area contributed by atoms with Gasteiger partial charge in [-0.25, -0.2) is 4.98 Å². The molecule has 1 aliphatic rings. The highest BCUT2D eigenvalue weighted by atomic mass is 16.1. The fourth-order valence-electron chi connectivity index (χ4n) is 4.10. The summed E-state index contributed by atoms with van der Waals surface area (Å²) in [5, 5.41) is 3.13. The minimum atomic E-state index is 0.100. The molecule has 4 rings (SSSR count). The van der Waals surface area contributed by atoms with Gasteiger partial charge in [0.2, 0.25) is 11.9 Å². The number of nitrogens with zero attached hydrogens (tertiary/aromatic N) is 3. The van der Waals surface area contributed by atoms with Crippen LogP contribution in [-0.2, 0) is 18.3 Å². The quantitative estimate of drug-likeness (QED) is 0.742. The largest absolute Gasteiger partial charge is 0.356 e. The fraction of sp³-hybridized carbons (Fsp3) is 0.391. The Kier molecular flexibility index (Phi) is 5.33. The number of piperidine rings is 1. The number of aromatic nitrogens is 2. The molecule has 146 valence electrons. The summed E-state index contributed by atoms with van der Waals surface area (Å²) in [7, 11) is 2.06. The summed E-state index contributed by atoms with van der Waals surface area (Å²) in [6.07, 6.45) is 2.63. The van der Waals surface area contributed by atoms with Gasteiger partial charge in [0.15, 0.2) is 0 Å². The third-order valence-electron chi connectivity index (χ3n) is 5.71. The van der Waals surface area contributed by atoms with Gasteiger partial charge in [-0.05, 0) is 43.9 Å². The van der Waals surface area contributed by atoms with Crippen molar-refractivity contribution in [2.45, 2.75) is 26.2 Å². The lowest BCUT2D eigenvalue weighted by Crippen LogP contribution is -2.41. The van der Waals surface area contributed by atoms with Gasteiger partial charge in [0.1, 0.15) is 0 Å². The van der Waals surface area contributed by atoms with Crippen molar-refractivity contribution in [2.75, 3.05) is 24.5 Å². The molecule has 0 saturated carbocycles. The van der Waals surface area contributed by atoms with Gasteiger partial charge in [-0.3, -0.25) is 4.79 Å². The molecular formula is C23H28N4O. The van der Waals surface area contributed by atoms with E-state index in [1.54, 1.807) is 0 Å². The van der Waals surface area contributed by atoms with Crippen molar-refractivity contribution < 1.29 is 4.79 Å². The zero-order valence-corrected chi connectivity index (χ0v) is 16.7. The molecule has 0 aliphatic carbocycles. The molecule has 0 atom stereocenters. The average molecular weight is 377 g/mol. The van der Waals surface area contributed by atoms with Crippen LogP contribution in [0.2, 0.25) is 0 Å². The highest BCUT2D eigenvalue weighted by Gasteiger charge is 2.26. The van der Waals surface area contributed by atoms with E-state index in [1.165, 1.54) is 11.1 Å². The number of benzene rings is 2. The van der Waals surface area contributed by atoms with Crippen LogP contribution < -0.4 is 10.2 Å². The van der Waals surface area contributed by atoms with Gasteiger partial charge in [0, 0.05) is 32.6 Å². The Morgan fingerprint density at radius 1 is 1.14 bits per heavy atom. The Balaban J connectivity index is 1.29. The van der Waals surface area contributed by atoms with Gasteiger partial charge >= 0.3 is 0 Å². The topological polar surface area (TPSA) is 50.2 Å². The van der Waals surface area contributed by atoms with Gasteiger partial charge in [-0.1, -0.05) is 42.0 Å². The average Bonchev–Trinajstić information content (AvgIpc) is 3.05. The molecule has 28 heavy (non-hydrogen) atoms. The van der Waals surface area contributed by atoms with E-state index in [1.807, 2.05) is 18.2 Å². The van der Waals surface area contributed by atoms with Crippen LogP contribution >= 0.6 is 0 Å². The van der Waals surface area contributed by atoms with Gasteiger partial charge in [-0.2, -0.15) is 0 Å². The molecule has 1 N–H and O–H groups in total. The van der Waals surface area contributed by atoms with Crippen molar-refractivity contribution >= 4 is 22.9 Å². The minimum absolute atomic E-state index is 0.100. The number of aryl methyl sites for hydroxylation is 2. The van der Waals surface area contributed by atoms with E-state index < -0.39 is 0 Å². The first-order chi connectivity index (χ1) is 13.6. The third-order valence-corrected chi connectivity index (χ3v) is 5.71. The summed E-state index contributed by atoms with van der Waals surface area (Å²) in [6, 6.07) is 16.7. The molecule has 1 saturated heterocycles. The second kappa shape index (κ2) is 8.05. The molecule has 0 unspecified atom stereocenters. The highest BCUT2D eigenvalue weighted by molar-refractivity contribution is 5.80. The molecule has 5 heteroatoms. The maximum absolute atomic E-state index is 12.6. The number of carbonyl (C=O) groups excluding carboxylic acids is 1. The number of para-hydroxylation sites is 2. The smallest absolute Gasteiger partial charge is 0.223 e. The van der Waals surface area contributed by atoms with Crippen LogP contribution in [0, 0.1) is 12.8 Å². The van der Waals surface area contributed by atoms with Crippen molar-refractivity contribution in [1.29, 1.82) is 0 Å². The van der Waals surface area contributed by atoms with Crippen LogP contribution in [0.15, 0.2) is 48.5 Å². The first-order valence-electron chi connectivity index (χ1n) is 10.1. The predicted octanol–water partition coefficient (Wildman–Crippen LogP) is 3.46. The van der Waals surface area contributed by atoms with Crippen LogP contribution in [0.5, 0.6) is 0 Å². The van der Waals surface area contributed by atoms with E-state index in [0.29, 0.717) is 6.54 Å². The Hall–Kier alpha value is -2.82. The van der Waals surface area contributed by atoms with E-state index in [4.69, 9.17) is 4.98 Å². The van der Waals surface area contributed by atoms with Crippen LogP contribution in [0.4, 0.5) is 5.95 Å². The molecule has 1 aliphatic heterocycles. The zero-order valence-electron chi connectivity index (χ0n) is 16.7. The number of hydrogen-bond donors (Lipinski definition) is 1. The minimum Gasteiger partial charge on any atom is -0.356 e. The van der Waals surface area contributed by atoms with Gasteiger partial charge in [-0.15, -0.1) is 0 Å². The van der Waals surface area contributed by atoms with E-state index in [9.17, 15) is 4.79 Å². The normalized spacial score (nSPS) is 15.1. The Morgan fingerprint density at radius 2 is 1.93 bits per heavy atom. The maximum atomic E-state index is 12.6. The molecular weight excluding hydrogens is 348 g/mol. The third kappa shape index (κ3) is 3.88. The second-order valence-electron chi connectivity index (χ2n) is 7.75. The van der Waals surface area contributed by atoms with E-state index in [-0.39, 0.29) is 11.8 Å². The number of carbonyl (C=O) groups is 1. The first kappa shape index (κ1) is 18.5. The Labute approximate surface area is 166 Å². The number of anilines is 1. The molecule has 3 aromatic rings. The summed E-state index contributed by atoms with van der Waals surface area (Å²) in [4.78, 5) is 19.6. The first-order valence-corrected chi connectivity index (χ1v) is 10.1. The molecule has 2 heterocycles. The number of hydrogen-bond acceptors (Lipinski definition) is 3. The molecule has 0 radical (unpaired) electrons. The van der Waals surface area contributed by atoms with Crippen molar-refractivity contribution in [3.8, 4) is 0 Å². The predicted molar refractivity (Wildman–Crippen MR) is 114 cm³/mol. The number of imidazole rings is 1. The highest BCUT2D eigenvalue weighted by Crippen LogP contribution is 2.26. The maximum Gasteiger partial charge on any atom is 0.223 e. The molecule has 1 amide bonds. The Morgan fingerprint density at radius 3 is 2.68 bits per heavy atom. The van der Waals surface area contributed by atoms with Crippen molar-refractivity contribution in [2.24, 2.45) is 13.0 Å². The number of nitrogens with one attached hydrogen (secondary N) is 1. The van der Waals surface area contributed by atoms with Crippen molar-refractivity contribution in [1.82, 2.24) is 14.9 Å². The Bertz CT molecular complexity index is 970. The second-order valence-corrected chi connectivity index (χ2v) is 7.75. The summed E-state index contributed by atoms with van der Waals surface area (Å²) >= 11 is 0. The van der Waals surface area contributed by atoms with Gasteiger partial charge in [0.05, 0.1) is 11.0 Å². The summed E-state index contributed by atoms with van der Waals surface area (Å²) in [6.45, 7) is 4.54. The van der Waals surface area contributed by atoms with E-state index in [0.717, 1.165) is 49.3 Å². The van der Waals surface area contributed by atoms with Crippen LogP contribution in [0.1, 0.15) is 24.0 Å². The molecule has 5 nitrogen and oxygen atoms in total. The zero-order chi connectivity index (χ0) is 19.5. The monoisotopic (exact) mass is 376 g/mol. The van der Waals surface area contributed by atoms with E-state index in [2.05, 4.69) is 59.1 Å². The van der Waals surface area contributed by atoms with Crippen molar-refractivity contribution in [3.05, 3.63) is 59.7 Å². The van der Waals surface area contributed by atoms with Crippen LogP contribution in [0.25, 0.3) is 11.0 Å². The summed E-state index contributed by atoms with van der Waals surface area (Å²) in [5.74, 6) is 1.29. The number of fused-ring (bicyclic) bond motifs is 1. The van der Waals surface area contributed by atoms with E-state index >= 15 is 0 Å². The standard InChI is InChI=1S/C23H28N4O/c1-17-6-5-7-18(16-17)10-13-24-22(28)19-11-14-27(15-12-19)23-25-20-8-3-4-9-21(20)26(23)2/h3-9,16,19H,10-15H2,1-2H3,(H,24,28). The van der Waals surface area contributed by atoms with Crippen molar-refractivity contribution in [3.63, 3.8) is 0 Å². The van der Waals surface area contributed by atoms with Crippen LogP contribution in [-0.4, -0.2) is 35.1 Å². The molecule has 0 bridgehead atoms. The molecule has 0 spiro atoms. The lowest BCUT2D eigenvalue weighted by molar-refractivity contribution is -0.125. The lowest BCUT2D eigenvalue weighted by atomic mass is 9.96. The van der Waals surface area contributed by atoms with Crippen LogP contribution in [0.3, 0.4) is 0 Å². The number of amides is 1. The molecule has 1 fully saturated rings. The fourth-order valence-corrected chi connectivity index (χ4v) is 4.10. The summed E-state index contributed by atoms with van der Waals surface area (Å²) in [5.41, 5.74) is 4.71.